The van der Waals surface area contributed by atoms with Crippen LogP contribution in [-0.2, 0) is 6.42 Å². The average Bonchev–Trinajstić information content (AvgIpc) is 3.34. The predicted octanol–water partition coefficient (Wildman–Crippen LogP) is 6.33. The van der Waals surface area contributed by atoms with Gasteiger partial charge in [-0.1, -0.05) is 42.0 Å². The summed E-state index contributed by atoms with van der Waals surface area (Å²) in [7, 11) is 3.26. The third-order valence-electron chi connectivity index (χ3n) is 6.25. The van der Waals surface area contributed by atoms with Gasteiger partial charge in [-0.3, -0.25) is 4.79 Å². The van der Waals surface area contributed by atoms with E-state index in [9.17, 15) is 4.79 Å². The van der Waals surface area contributed by atoms with E-state index in [0.717, 1.165) is 28.4 Å². The third kappa shape index (κ3) is 5.57. The monoisotopic (exact) mass is 469 g/mol. The average molecular weight is 470 g/mol. The lowest BCUT2D eigenvalue weighted by molar-refractivity contribution is 0.0913. The molecule has 5 heteroatoms. The fraction of sp³-hybridized carbons (Fsp3) is 0.233. The van der Waals surface area contributed by atoms with Crippen molar-refractivity contribution in [2.45, 2.75) is 33.2 Å². The number of carbonyl (C=O) groups excluding carboxylic acids is 1. The highest BCUT2D eigenvalue weighted by atomic mass is 16.5. The summed E-state index contributed by atoms with van der Waals surface area (Å²) in [6.45, 7) is 6.32. The Hall–Kier alpha value is -3.99. The van der Waals surface area contributed by atoms with Crippen LogP contribution in [0.1, 0.15) is 55.7 Å². The third-order valence-corrected chi connectivity index (χ3v) is 6.25. The number of ether oxygens (including phenoxy) is 2. The Kier molecular flexibility index (Phi) is 7.25. The van der Waals surface area contributed by atoms with Gasteiger partial charge in [0, 0.05) is 6.42 Å². The minimum atomic E-state index is -0.366. The second kappa shape index (κ2) is 10.5. The van der Waals surface area contributed by atoms with Crippen molar-refractivity contribution >= 4 is 5.91 Å². The van der Waals surface area contributed by atoms with Crippen LogP contribution in [-0.4, -0.2) is 20.1 Å². The van der Waals surface area contributed by atoms with Crippen LogP contribution in [0.15, 0.2) is 77.2 Å². The summed E-state index contributed by atoms with van der Waals surface area (Å²) in [6.07, 6.45) is 0.644. The molecule has 0 spiro atoms. The molecule has 0 aliphatic rings. The number of hydrogen-bond acceptors (Lipinski definition) is 4. The van der Waals surface area contributed by atoms with Crippen molar-refractivity contribution in [2.24, 2.45) is 0 Å². The Morgan fingerprint density at radius 1 is 0.800 bits per heavy atom. The van der Waals surface area contributed by atoms with Gasteiger partial charge >= 0.3 is 0 Å². The van der Waals surface area contributed by atoms with Crippen LogP contribution in [0.5, 0.6) is 11.5 Å². The van der Waals surface area contributed by atoms with Crippen molar-refractivity contribution in [3.8, 4) is 11.5 Å². The molecular formula is C30H31NO4. The number of nitrogens with one attached hydrogen (secondary N) is 1. The first-order valence-corrected chi connectivity index (χ1v) is 11.6. The van der Waals surface area contributed by atoms with Gasteiger partial charge in [0.05, 0.1) is 20.3 Å². The van der Waals surface area contributed by atoms with Crippen molar-refractivity contribution in [1.29, 1.82) is 0 Å². The van der Waals surface area contributed by atoms with Crippen molar-refractivity contribution in [1.82, 2.24) is 5.32 Å². The maximum atomic E-state index is 13.2. The number of furan rings is 1. The Balaban J connectivity index is 1.57. The lowest BCUT2D eigenvalue weighted by Gasteiger charge is -2.20. The van der Waals surface area contributed by atoms with E-state index in [1.807, 2.05) is 54.6 Å². The van der Waals surface area contributed by atoms with E-state index in [4.69, 9.17) is 13.9 Å². The van der Waals surface area contributed by atoms with Gasteiger partial charge in [-0.05, 0) is 85.0 Å². The number of aryl methyl sites for hydroxylation is 3. The number of benzene rings is 3. The SMILES string of the molecule is COc1ccc(C(NC(=O)c2ccc(Cc3c(C)cc(C)cc3C)o2)c2ccc(OC)cc2)cc1. The molecule has 5 nitrogen and oxygen atoms in total. The lowest BCUT2D eigenvalue weighted by atomic mass is 9.96. The zero-order valence-electron chi connectivity index (χ0n) is 20.8. The van der Waals surface area contributed by atoms with Gasteiger partial charge in [-0.25, -0.2) is 0 Å². The fourth-order valence-corrected chi connectivity index (χ4v) is 4.41. The molecule has 1 heterocycles. The molecule has 4 rings (SSSR count). The van der Waals surface area contributed by atoms with Crippen molar-refractivity contribution < 1.29 is 18.7 Å². The number of hydrogen-bond donors (Lipinski definition) is 1. The first-order valence-electron chi connectivity index (χ1n) is 11.6. The first-order chi connectivity index (χ1) is 16.9. The van der Waals surface area contributed by atoms with Crippen LogP contribution >= 0.6 is 0 Å². The summed E-state index contributed by atoms with van der Waals surface area (Å²) in [5.41, 5.74) is 6.79. The van der Waals surface area contributed by atoms with Gasteiger partial charge in [-0.15, -0.1) is 0 Å². The maximum Gasteiger partial charge on any atom is 0.287 e. The summed E-state index contributed by atoms with van der Waals surface area (Å²) in [5, 5.41) is 3.13. The molecular weight excluding hydrogens is 438 g/mol. The zero-order chi connectivity index (χ0) is 24.9. The minimum absolute atomic E-state index is 0.273. The van der Waals surface area contributed by atoms with Crippen LogP contribution in [0.4, 0.5) is 0 Å². The van der Waals surface area contributed by atoms with Gasteiger partial charge in [0.25, 0.3) is 5.91 Å². The lowest BCUT2D eigenvalue weighted by Crippen LogP contribution is -2.29. The minimum Gasteiger partial charge on any atom is -0.497 e. The molecule has 0 aliphatic carbocycles. The van der Waals surface area contributed by atoms with E-state index < -0.39 is 0 Å². The second-order valence-corrected chi connectivity index (χ2v) is 8.77. The normalized spacial score (nSPS) is 10.9. The Morgan fingerprint density at radius 3 is 1.80 bits per heavy atom. The molecule has 0 radical (unpaired) electrons. The van der Waals surface area contributed by atoms with Gasteiger partial charge in [0.1, 0.15) is 17.3 Å². The number of amides is 1. The molecule has 0 bridgehead atoms. The highest BCUT2D eigenvalue weighted by Crippen LogP contribution is 2.27. The van der Waals surface area contributed by atoms with E-state index in [1.165, 1.54) is 22.3 Å². The van der Waals surface area contributed by atoms with Crippen molar-refractivity contribution in [3.63, 3.8) is 0 Å². The second-order valence-electron chi connectivity index (χ2n) is 8.77. The first kappa shape index (κ1) is 24.1. The quantitative estimate of drug-likeness (QED) is 0.327. The molecule has 1 aromatic heterocycles. The molecule has 1 amide bonds. The van der Waals surface area contributed by atoms with Crippen LogP contribution in [0, 0.1) is 20.8 Å². The van der Waals surface area contributed by atoms with E-state index in [-0.39, 0.29) is 17.7 Å². The summed E-state index contributed by atoms with van der Waals surface area (Å²) in [5.74, 6) is 2.28. The summed E-state index contributed by atoms with van der Waals surface area (Å²) >= 11 is 0. The Bertz CT molecular complexity index is 1230. The van der Waals surface area contributed by atoms with Gasteiger partial charge < -0.3 is 19.2 Å². The highest BCUT2D eigenvalue weighted by Gasteiger charge is 2.21. The molecule has 0 atom stereocenters. The fourth-order valence-electron chi connectivity index (χ4n) is 4.41. The number of methoxy groups -OCH3 is 2. The zero-order valence-corrected chi connectivity index (χ0v) is 20.8. The maximum absolute atomic E-state index is 13.2. The molecule has 4 aromatic rings. The topological polar surface area (TPSA) is 60.7 Å². The number of rotatable bonds is 8. The van der Waals surface area contributed by atoms with Gasteiger partial charge in [0.2, 0.25) is 0 Å². The molecule has 0 saturated carbocycles. The Labute approximate surface area is 206 Å². The molecule has 0 saturated heterocycles. The summed E-state index contributed by atoms with van der Waals surface area (Å²) in [4.78, 5) is 13.2. The number of carbonyl (C=O) groups is 1. The molecule has 0 aliphatic heterocycles. The molecule has 3 aromatic carbocycles. The summed E-state index contributed by atoms with van der Waals surface area (Å²) in [6, 6.07) is 22.9. The smallest absolute Gasteiger partial charge is 0.287 e. The Morgan fingerprint density at radius 2 is 1.31 bits per heavy atom. The van der Waals surface area contributed by atoms with E-state index in [0.29, 0.717) is 6.42 Å². The van der Waals surface area contributed by atoms with Crippen LogP contribution in [0.2, 0.25) is 0 Å². The van der Waals surface area contributed by atoms with Crippen LogP contribution in [0.3, 0.4) is 0 Å². The van der Waals surface area contributed by atoms with Gasteiger partial charge in [0.15, 0.2) is 5.76 Å². The molecule has 35 heavy (non-hydrogen) atoms. The van der Waals surface area contributed by atoms with E-state index in [1.54, 1.807) is 20.3 Å². The molecule has 1 N–H and O–H groups in total. The molecule has 0 unspecified atom stereocenters. The van der Waals surface area contributed by atoms with Crippen LogP contribution in [0.25, 0.3) is 0 Å². The van der Waals surface area contributed by atoms with E-state index in [2.05, 4.69) is 38.2 Å². The largest absolute Gasteiger partial charge is 0.497 e. The van der Waals surface area contributed by atoms with E-state index >= 15 is 0 Å². The standard InChI is InChI=1S/C30H31NO4/c1-19-16-20(2)27(21(3)17-19)18-26-14-15-28(35-26)30(32)31-29(22-6-10-24(33-4)11-7-22)23-8-12-25(34-5)13-9-23/h6-17,29H,18H2,1-5H3,(H,31,32). The predicted molar refractivity (Wildman–Crippen MR) is 137 cm³/mol. The van der Waals surface area contributed by atoms with Gasteiger partial charge in [-0.2, -0.15) is 0 Å². The van der Waals surface area contributed by atoms with Crippen LogP contribution < -0.4 is 14.8 Å². The molecule has 180 valence electrons. The molecule has 0 fully saturated rings. The summed E-state index contributed by atoms with van der Waals surface area (Å²) < 4.78 is 16.6. The van der Waals surface area contributed by atoms with Crippen molar-refractivity contribution in [2.75, 3.05) is 14.2 Å². The highest BCUT2D eigenvalue weighted by molar-refractivity contribution is 5.92. The van der Waals surface area contributed by atoms with Crippen molar-refractivity contribution in [3.05, 3.63) is 118 Å².